The van der Waals surface area contributed by atoms with Crippen LogP contribution in [-0.4, -0.2) is 35.3 Å². The number of carbonyl (C=O) groups excluding carboxylic acids is 2. The largest absolute Gasteiger partial charge is 0.459 e. The molecule has 0 bridgehead atoms. The van der Waals surface area contributed by atoms with Crippen LogP contribution in [0.25, 0.3) is 0 Å². The third-order valence-corrected chi connectivity index (χ3v) is 2.39. The van der Waals surface area contributed by atoms with Crippen LogP contribution in [0.4, 0.5) is 5.13 Å². The number of nitrogens with one attached hydrogen (secondary N) is 1. The van der Waals surface area contributed by atoms with Gasteiger partial charge in [0.2, 0.25) is 5.13 Å². The molecule has 0 unspecified atom stereocenters. The van der Waals surface area contributed by atoms with Gasteiger partial charge in [0.15, 0.2) is 0 Å². The van der Waals surface area contributed by atoms with Crippen LogP contribution in [0.3, 0.4) is 0 Å². The minimum Gasteiger partial charge on any atom is -0.459 e. The van der Waals surface area contributed by atoms with Crippen LogP contribution in [-0.2, 0) is 25.7 Å². The van der Waals surface area contributed by atoms with E-state index in [4.69, 9.17) is 4.74 Å². The molecule has 0 radical (unpaired) electrons. The van der Waals surface area contributed by atoms with E-state index < -0.39 is 11.9 Å². The molecular weight excluding hydrogens is 246 g/mol. The standard InChI is InChI=1S/C9H13N3O4S/c1-3-15-5-6-11-12-9(17-6)10-7(13)8(14)16-4-2/h3-5H2,1-2H3,(H,10,12,13). The highest BCUT2D eigenvalue weighted by Gasteiger charge is 2.16. The predicted octanol–water partition coefficient (Wildman–Crippen LogP) is 0.576. The van der Waals surface area contributed by atoms with Gasteiger partial charge in [0, 0.05) is 6.61 Å². The van der Waals surface area contributed by atoms with E-state index in [0.29, 0.717) is 18.2 Å². The Hall–Kier alpha value is -1.54. The van der Waals surface area contributed by atoms with E-state index >= 15 is 0 Å². The fourth-order valence-electron chi connectivity index (χ4n) is 0.897. The van der Waals surface area contributed by atoms with Gasteiger partial charge in [-0.25, -0.2) is 4.79 Å². The topological polar surface area (TPSA) is 90.4 Å². The van der Waals surface area contributed by atoms with Crippen LogP contribution in [0, 0.1) is 0 Å². The third-order valence-electron chi connectivity index (χ3n) is 1.58. The lowest BCUT2D eigenvalue weighted by atomic mass is 10.6. The maximum Gasteiger partial charge on any atom is 0.397 e. The molecule has 0 aliphatic heterocycles. The van der Waals surface area contributed by atoms with Crippen molar-refractivity contribution < 1.29 is 19.1 Å². The SMILES string of the molecule is CCOCc1nnc(NC(=O)C(=O)OCC)s1. The van der Waals surface area contributed by atoms with Gasteiger partial charge in [-0.15, -0.1) is 10.2 Å². The smallest absolute Gasteiger partial charge is 0.397 e. The zero-order valence-corrected chi connectivity index (χ0v) is 10.4. The summed E-state index contributed by atoms with van der Waals surface area (Å²) in [6.45, 7) is 4.55. The van der Waals surface area contributed by atoms with Gasteiger partial charge >= 0.3 is 11.9 Å². The first-order valence-electron chi connectivity index (χ1n) is 5.05. The molecule has 0 aromatic carbocycles. The highest BCUT2D eigenvalue weighted by atomic mass is 32.1. The summed E-state index contributed by atoms with van der Waals surface area (Å²) in [7, 11) is 0. The summed E-state index contributed by atoms with van der Waals surface area (Å²) in [6.07, 6.45) is 0. The minimum absolute atomic E-state index is 0.151. The monoisotopic (exact) mass is 259 g/mol. The Morgan fingerprint density at radius 1 is 1.29 bits per heavy atom. The molecule has 1 aromatic rings. The van der Waals surface area contributed by atoms with E-state index in [2.05, 4.69) is 20.3 Å². The van der Waals surface area contributed by atoms with Crippen LogP contribution >= 0.6 is 11.3 Å². The zero-order valence-electron chi connectivity index (χ0n) is 9.56. The van der Waals surface area contributed by atoms with Crippen LogP contribution in [0.1, 0.15) is 18.9 Å². The Balaban J connectivity index is 2.48. The predicted molar refractivity (Wildman–Crippen MR) is 60.5 cm³/mol. The van der Waals surface area contributed by atoms with E-state index in [1.54, 1.807) is 6.92 Å². The molecule has 0 atom stereocenters. The lowest BCUT2D eigenvalue weighted by molar-refractivity contribution is -0.152. The number of anilines is 1. The van der Waals surface area contributed by atoms with Crippen molar-refractivity contribution in [2.75, 3.05) is 18.5 Å². The van der Waals surface area contributed by atoms with Crippen LogP contribution in [0.15, 0.2) is 0 Å². The second kappa shape index (κ2) is 6.92. The van der Waals surface area contributed by atoms with Crippen molar-refractivity contribution in [3.05, 3.63) is 5.01 Å². The Labute approximate surface area is 102 Å². The molecule has 1 rings (SSSR count). The van der Waals surface area contributed by atoms with Gasteiger partial charge in [0.05, 0.1) is 6.61 Å². The first kappa shape index (κ1) is 13.5. The first-order valence-corrected chi connectivity index (χ1v) is 5.87. The summed E-state index contributed by atoms with van der Waals surface area (Å²) >= 11 is 1.15. The number of ether oxygens (including phenoxy) is 2. The summed E-state index contributed by atoms with van der Waals surface area (Å²) in [5, 5.41) is 10.7. The maximum absolute atomic E-state index is 11.2. The molecule has 0 spiro atoms. The molecule has 0 aliphatic carbocycles. The number of carbonyl (C=O) groups is 2. The number of hydrogen-bond acceptors (Lipinski definition) is 7. The molecule has 1 aromatic heterocycles. The van der Waals surface area contributed by atoms with Crippen molar-refractivity contribution in [2.24, 2.45) is 0 Å². The molecule has 1 heterocycles. The molecule has 0 fully saturated rings. The lowest BCUT2D eigenvalue weighted by Gasteiger charge is -1.99. The molecular formula is C9H13N3O4S. The molecule has 1 amide bonds. The lowest BCUT2D eigenvalue weighted by Crippen LogP contribution is -2.24. The summed E-state index contributed by atoms with van der Waals surface area (Å²) in [6, 6.07) is 0. The van der Waals surface area contributed by atoms with Gasteiger partial charge in [0.25, 0.3) is 0 Å². The van der Waals surface area contributed by atoms with Gasteiger partial charge in [-0.3, -0.25) is 10.1 Å². The highest BCUT2D eigenvalue weighted by Crippen LogP contribution is 2.15. The fraction of sp³-hybridized carbons (Fsp3) is 0.556. The zero-order chi connectivity index (χ0) is 12.7. The summed E-state index contributed by atoms with van der Waals surface area (Å²) in [5.74, 6) is -1.79. The number of rotatable bonds is 5. The van der Waals surface area contributed by atoms with E-state index in [1.165, 1.54) is 0 Å². The number of amides is 1. The average Bonchev–Trinajstić information content (AvgIpc) is 2.74. The Morgan fingerprint density at radius 2 is 2.06 bits per heavy atom. The molecule has 1 N–H and O–H groups in total. The first-order chi connectivity index (χ1) is 8.17. The van der Waals surface area contributed by atoms with Gasteiger partial charge in [-0.1, -0.05) is 11.3 Å². The number of esters is 1. The quantitative estimate of drug-likeness (QED) is 0.614. The van der Waals surface area contributed by atoms with Gasteiger partial charge in [-0.05, 0) is 13.8 Å². The normalized spacial score (nSPS) is 10.0. The Morgan fingerprint density at radius 3 is 2.71 bits per heavy atom. The molecule has 94 valence electrons. The van der Waals surface area contributed by atoms with Gasteiger partial charge in [0.1, 0.15) is 11.6 Å². The number of nitrogens with zero attached hydrogens (tertiary/aromatic N) is 2. The summed E-state index contributed by atoms with van der Waals surface area (Å²) in [4.78, 5) is 22.3. The van der Waals surface area contributed by atoms with Crippen molar-refractivity contribution in [3.8, 4) is 0 Å². The van der Waals surface area contributed by atoms with E-state index in [-0.39, 0.29) is 11.7 Å². The molecule has 8 heteroatoms. The van der Waals surface area contributed by atoms with Crippen LogP contribution in [0.5, 0.6) is 0 Å². The third kappa shape index (κ3) is 4.45. The number of aromatic nitrogens is 2. The van der Waals surface area contributed by atoms with E-state index in [0.717, 1.165) is 11.3 Å². The van der Waals surface area contributed by atoms with E-state index in [1.807, 2.05) is 6.92 Å². The van der Waals surface area contributed by atoms with Crippen molar-refractivity contribution in [1.82, 2.24) is 10.2 Å². The molecule has 7 nitrogen and oxygen atoms in total. The Bertz CT molecular complexity index is 393. The minimum atomic E-state index is -0.936. The maximum atomic E-state index is 11.2. The van der Waals surface area contributed by atoms with Crippen molar-refractivity contribution in [1.29, 1.82) is 0 Å². The van der Waals surface area contributed by atoms with E-state index in [9.17, 15) is 9.59 Å². The fourth-order valence-corrected chi connectivity index (χ4v) is 1.57. The van der Waals surface area contributed by atoms with Crippen molar-refractivity contribution in [2.45, 2.75) is 20.5 Å². The molecule has 0 aliphatic rings. The van der Waals surface area contributed by atoms with Crippen molar-refractivity contribution >= 4 is 28.3 Å². The van der Waals surface area contributed by atoms with Gasteiger partial charge < -0.3 is 9.47 Å². The summed E-state index contributed by atoms with van der Waals surface area (Å²) < 4.78 is 9.66. The average molecular weight is 259 g/mol. The summed E-state index contributed by atoms with van der Waals surface area (Å²) in [5.41, 5.74) is 0. The highest BCUT2D eigenvalue weighted by molar-refractivity contribution is 7.15. The van der Waals surface area contributed by atoms with Crippen molar-refractivity contribution in [3.63, 3.8) is 0 Å². The Kier molecular flexibility index (Phi) is 5.50. The second-order valence-corrected chi connectivity index (χ2v) is 3.87. The second-order valence-electron chi connectivity index (χ2n) is 2.81. The van der Waals surface area contributed by atoms with Gasteiger partial charge in [-0.2, -0.15) is 0 Å². The van der Waals surface area contributed by atoms with Crippen LogP contribution in [0.2, 0.25) is 0 Å². The van der Waals surface area contributed by atoms with Crippen LogP contribution < -0.4 is 5.32 Å². The molecule has 0 saturated carbocycles. The molecule has 17 heavy (non-hydrogen) atoms. The molecule has 0 saturated heterocycles. The number of hydrogen-bond donors (Lipinski definition) is 1.